The maximum atomic E-state index is 12.5. The molecule has 0 atom stereocenters. The zero-order valence-corrected chi connectivity index (χ0v) is 22.9. The molecule has 0 aliphatic carbocycles. The molecule has 11 nitrogen and oxygen atoms in total. The second-order valence-corrected chi connectivity index (χ2v) is 12.4. The predicted molar refractivity (Wildman–Crippen MR) is 143 cm³/mol. The highest BCUT2D eigenvalue weighted by Crippen LogP contribution is 2.38. The van der Waals surface area contributed by atoms with Gasteiger partial charge in [-0.15, -0.1) is 0 Å². The number of aromatic nitrogens is 1. The van der Waals surface area contributed by atoms with Gasteiger partial charge in [-0.25, -0.2) is 12.7 Å². The van der Waals surface area contributed by atoms with Crippen molar-refractivity contribution in [3.63, 3.8) is 0 Å². The topological polar surface area (TPSA) is 164 Å². The average Bonchev–Trinajstić information content (AvgIpc) is 3.34. The highest BCUT2D eigenvalue weighted by Gasteiger charge is 2.52. The number of nitrogens with zero attached hydrogens (tertiary/aromatic N) is 1. The molecule has 14 heteroatoms. The highest BCUT2D eigenvalue weighted by molar-refractivity contribution is 7.89. The van der Waals surface area contributed by atoms with Gasteiger partial charge in [0.05, 0.1) is 34.6 Å². The maximum absolute atomic E-state index is 12.5. The molecular weight excluding hydrogens is 500 g/mol. The van der Waals surface area contributed by atoms with Crippen LogP contribution in [0.2, 0.25) is 0 Å². The molecule has 37 heavy (non-hydrogen) atoms. The fraction of sp³-hybridized carbons (Fsp3) is 0.609. The number of amides is 1. The van der Waals surface area contributed by atoms with Crippen molar-refractivity contribution in [1.82, 2.24) is 9.29 Å². The van der Waals surface area contributed by atoms with Gasteiger partial charge in [0.15, 0.2) is 0 Å². The zero-order chi connectivity index (χ0) is 27.6. The third-order valence-electron chi connectivity index (χ3n) is 7.47. The normalized spacial score (nSPS) is 20.0. The summed E-state index contributed by atoms with van der Waals surface area (Å²) in [6.45, 7) is 9.01. The van der Waals surface area contributed by atoms with Crippen LogP contribution >= 0.6 is 0 Å². The van der Waals surface area contributed by atoms with Crippen LogP contribution in [0.15, 0.2) is 18.3 Å². The number of H-pyrrole nitrogens is 1. The lowest BCUT2D eigenvalue weighted by molar-refractivity contribution is 0.00578. The molecule has 2 aliphatic rings. The number of carbonyl (C=O) groups excluding carboxylic acids is 1. The van der Waals surface area contributed by atoms with Crippen molar-refractivity contribution < 1.29 is 37.3 Å². The molecule has 3 heterocycles. The van der Waals surface area contributed by atoms with Gasteiger partial charge in [-0.3, -0.25) is 4.79 Å². The molecule has 2 aromatic rings. The van der Waals surface area contributed by atoms with Crippen molar-refractivity contribution in [2.24, 2.45) is 5.73 Å². The number of ether oxygens (including phenoxy) is 1. The fourth-order valence-electron chi connectivity index (χ4n) is 4.69. The smallest absolute Gasteiger partial charge is 0.430 e. The molecule has 2 fully saturated rings. The van der Waals surface area contributed by atoms with Gasteiger partial charge >= 0.3 is 14.8 Å². The van der Waals surface area contributed by atoms with Gasteiger partial charge in [0.1, 0.15) is 0 Å². The zero-order valence-electron chi connectivity index (χ0n) is 22.1. The van der Waals surface area contributed by atoms with E-state index in [1.165, 1.54) is 7.11 Å². The molecule has 0 saturated carbocycles. The molecule has 2 saturated heterocycles. The first-order valence-electron chi connectivity index (χ1n) is 12.3. The van der Waals surface area contributed by atoms with Crippen LogP contribution in [-0.2, 0) is 24.1 Å². The van der Waals surface area contributed by atoms with E-state index in [0.29, 0.717) is 37.0 Å². The standard InChI is InChI=1S/C23H34BN3O6S.BH3O2/c1-22(2)23(3,4)33-24(32-22)16-12-17-19(14-26-20(17)18(13-16)21(25)28)15-6-8-27(9-7-15)34(29,30)11-10-31-5;2-1-3/h12-15,26H,6-11H2,1-5H3,(H2,25,28);1-3H. The fourth-order valence-corrected chi connectivity index (χ4v) is 6.09. The van der Waals surface area contributed by atoms with E-state index in [4.69, 9.17) is 29.8 Å². The summed E-state index contributed by atoms with van der Waals surface area (Å²) < 4.78 is 44.0. The Hall–Kier alpha value is -1.93. The van der Waals surface area contributed by atoms with Crippen molar-refractivity contribution in [3.8, 4) is 0 Å². The number of piperidine rings is 1. The molecule has 1 aromatic heterocycles. The molecule has 5 N–H and O–H groups in total. The monoisotopic (exact) mass is 537 g/mol. The molecule has 4 rings (SSSR count). The molecule has 0 radical (unpaired) electrons. The second-order valence-electron chi connectivity index (χ2n) is 10.3. The summed E-state index contributed by atoms with van der Waals surface area (Å²) in [5, 5.41) is 15.1. The molecule has 1 amide bonds. The number of benzene rings is 1. The Kier molecular flexibility index (Phi) is 9.16. The Bertz CT molecular complexity index is 1190. The van der Waals surface area contributed by atoms with Gasteiger partial charge in [0, 0.05) is 31.8 Å². The number of hydrogen-bond acceptors (Lipinski definition) is 8. The number of methoxy groups -OCH3 is 1. The predicted octanol–water partition coefficient (Wildman–Crippen LogP) is -0.0409. The summed E-state index contributed by atoms with van der Waals surface area (Å²) in [6, 6.07) is 3.73. The maximum Gasteiger partial charge on any atom is 0.494 e. The quantitative estimate of drug-likeness (QED) is 0.358. The van der Waals surface area contributed by atoms with Crippen LogP contribution in [0.25, 0.3) is 10.9 Å². The Morgan fingerprint density at radius 2 is 1.78 bits per heavy atom. The van der Waals surface area contributed by atoms with Crippen molar-refractivity contribution in [1.29, 1.82) is 0 Å². The van der Waals surface area contributed by atoms with Gasteiger partial charge in [0.25, 0.3) is 5.91 Å². The number of hydrogen-bond donors (Lipinski definition) is 4. The van der Waals surface area contributed by atoms with E-state index in [1.54, 1.807) is 10.4 Å². The molecular formula is C23H37B2N3O8S. The molecule has 0 spiro atoms. The molecule has 1 aromatic carbocycles. The van der Waals surface area contributed by atoms with E-state index in [9.17, 15) is 13.2 Å². The van der Waals surface area contributed by atoms with E-state index in [-0.39, 0.29) is 18.3 Å². The first kappa shape index (κ1) is 29.6. The van der Waals surface area contributed by atoms with E-state index in [1.807, 2.05) is 40.0 Å². The third kappa shape index (κ3) is 6.22. The second kappa shape index (κ2) is 11.4. The van der Waals surface area contributed by atoms with E-state index >= 15 is 0 Å². The lowest BCUT2D eigenvalue weighted by Gasteiger charge is -2.32. The van der Waals surface area contributed by atoms with E-state index < -0.39 is 41.9 Å². The number of fused-ring (bicyclic) bond motifs is 1. The SMILES string of the molecule is COCCS(=O)(=O)N1CCC(c2c[nH]c3c(C(N)=O)cc(B4OC(C)(C)C(C)(C)O4)cc23)CC1.OBO. The van der Waals surface area contributed by atoms with Crippen LogP contribution < -0.4 is 11.2 Å². The van der Waals surface area contributed by atoms with Crippen LogP contribution in [-0.4, -0.2) is 92.2 Å². The van der Waals surface area contributed by atoms with Gasteiger partial charge in [-0.05, 0) is 63.5 Å². The first-order chi connectivity index (χ1) is 17.3. The number of primary amides is 1. The van der Waals surface area contributed by atoms with Gasteiger partial charge in [-0.1, -0.05) is 6.07 Å². The molecule has 0 bridgehead atoms. The lowest BCUT2D eigenvalue weighted by Crippen LogP contribution is -2.41. The summed E-state index contributed by atoms with van der Waals surface area (Å²) in [6.07, 6.45) is 3.28. The number of sulfonamides is 1. The van der Waals surface area contributed by atoms with Crippen molar-refractivity contribution >= 4 is 47.1 Å². The summed E-state index contributed by atoms with van der Waals surface area (Å²) in [4.78, 5) is 15.5. The Morgan fingerprint density at radius 1 is 1.22 bits per heavy atom. The minimum atomic E-state index is -3.33. The number of aromatic amines is 1. The minimum absolute atomic E-state index is 0.0132. The number of carbonyl (C=O) groups is 1. The van der Waals surface area contributed by atoms with Crippen LogP contribution in [0.4, 0.5) is 0 Å². The number of nitrogens with one attached hydrogen (secondary N) is 1. The Labute approximate surface area is 219 Å². The molecule has 204 valence electrons. The summed E-state index contributed by atoms with van der Waals surface area (Å²) in [7, 11) is -3.21. The van der Waals surface area contributed by atoms with E-state index in [0.717, 1.165) is 16.4 Å². The first-order valence-corrected chi connectivity index (χ1v) is 13.9. The van der Waals surface area contributed by atoms with Crippen LogP contribution in [0.5, 0.6) is 0 Å². The van der Waals surface area contributed by atoms with Crippen LogP contribution in [0.1, 0.15) is 62.4 Å². The minimum Gasteiger partial charge on any atom is -0.430 e. The van der Waals surface area contributed by atoms with E-state index in [2.05, 4.69) is 4.98 Å². The Balaban J connectivity index is 0.00000121. The summed E-state index contributed by atoms with van der Waals surface area (Å²) in [5.41, 5.74) is 7.54. The highest BCUT2D eigenvalue weighted by atomic mass is 32.2. The Morgan fingerprint density at radius 3 is 2.30 bits per heavy atom. The number of nitrogens with two attached hydrogens (primary N) is 1. The van der Waals surface area contributed by atoms with Gasteiger partial charge in [0.2, 0.25) is 10.0 Å². The lowest BCUT2D eigenvalue weighted by atomic mass is 9.76. The molecule has 2 aliphatic heterocycles. The van der Waals surface area contributed by atoms with Crippen LogP contribution in [0, 0.1) is 0 Å². The van der Waals surface area contributed by atoms with Crippen molar-refractivity contribution in [2.75, 3.05) is 32.6 Å². The van der Waals surface area contributed by atoms with Crippen molar-refractivity contribution in [2.45, 2.75) is 57.7 Å². The summed E-state index contributed by atoms with van der Waals surface area (Å²) >= 11 is 0. The average molecular weight is 537 g/mol. The van der Waals surface area contributed by atoms with Gasteiger partial charge in [-0.2, -0.15) is 0 Å². The number of rotatable bonds is 7. The van der Waals surface area contributed by atoms with Gasteiger partial charge < -0.3 is 34.8 Å². The third-order valence-corrected chi connectivity index (χ3v) is 9.30. The van der Waals surface area contributed by atoms with Crippen LogP contribution in [0.3, 0.4) is 0 Å². The largest absolute Gasteiger partial charge is 0.494 e. The summed E-state index contributed by atoms with van der Waals surface area (Å²) in [5.74, 6) is -0.395. The molecule has 0 unspecified atom stereocenters. The van der Waals surface area contributed by atoms with Crippen molar-refractivity contribution in [3.05, 3.63) is 29.5 Å².